The van der Waals surface area contributed by atoms with Crippen LogP contribution >= 0.6 is 0 Å². The lowest BCUT2D eigenvalue weighted by Gasteiger charge is -2.20. The first kappa shape index (κ1) is 12.5. The first-order chi connectivity index (χ1) is 7.04. The average molecular weight is 215 g/mol. The summed E-state index contributed by atoms with van der Waals surface area (Å²) < 4.78 is 5.19. The molecule has 1 rings (SSSR count). The Morgan fingerprint density at radius 2 is 2.00 bits per heavy atom. The van der Waals surface area contributed by atoms with E-state index in [1.54, 1.807) is 0 Å². The number of hydrogen-bond donors (Lipinski definition) is 1. The zero-order valence-electron chi connectivity index (χ0n) is 9.77. The molecule has 1 fully saturated rings. The van der Waals surface area contributed by atoms with Crippen LogP contribution < -0.4 is 0 Å². The van der Waals surface area contributed by atoms with E-state index >= 15 is 0 Å². The molecule has 4 heteroatoms. The van der Waals surface area contributed by atoms with Crippen LogP contribution in [0.4, 0.5) is 0 Å². The Morgan fingerprint density at radius 1 is 1.47 bits per heavy atom. The summed E-state index contributed by atoms with van der Waals surface area (Å²) in [5.74, 6) is 0.450. The lowest BCUT2D eigenvalue weighted by atomic mass is 10.0. The Morgan fingerprint density at radius 3 is 2.40 bits per heavy atom. The van der Waals surface area contributed by atoms with Crippen molar-refractivity contribution in [3.05, 3.63) is 0 Å². The number of carboxylic acids is 1. The molecule has 3 atom stereocenters. The van der Waals surface area contributed by atoms with E-state index in [1.807, 2.05) is 6.92 Å². The first-order valence-corrected chi connectivity index (χ1v) is 5.61. The molecular weight excluding hydrogens is 194 g/mol. The summed E-state index contributed by atoms with van der Waals surface area (Å²) in [6, 6.07) is 0. The lowest BCUT2D eigenvalue weighted by Crippen LogP contribution is -2.37. The third-order valence-corrected chi connectivity index (χ3v) is 3.13. The molecule has 88 valence electrons. The topological polar surface area (TPSA) is 49.8 Å². The van der Waals surface area contributed by atoms with Gasteiger partial charge in [-0.25, -0.2) is 4.79 Å². The summed E-state index contributed by atoms with van der Waals surface area (Å²) >= 11 is 0. The van der Waals surface area contributed by atoms with Crippen molar-refractivity contribution in [3.8, 4) is 0 Å². The summed E-state index contributed by atoms with van der Waals surface area (Å²) in [6.45, 7) is 9.18. The summed E-state index contributed by atoms with van der Waals surface area (Å²) in [5.41, 5.74) is 0. The van der Waals surface area contributed by atoms with Crippen LogP contribution in [-0.4, -0.2) is 48.3 Å². The monoisotopic (exact) mass is 215 g/mol. The maximum atomic E-state index is 10.9. The van der Waals surface area contributed by atoms with Gasteiger partial charge in [-0.2, -0.15) is 0 Å². The second-order valence-electron chi connectivity index (χ2n) is 4.46. The van der Waals surface area contributed by atoms with Gasteiger partial charge in [-0.1, -0.05) is 13.8 Å². The van der Waals surface area contributed by atoms with Crippen molar-refractivity contribution < 1.29 is 14.6 Å². The van der Waals surface area contributed by atoms with Crippen LogP contribution in [0.15, 0.2) is 0 Å². The van der Waals surface area contributed by atoms with Gasteiger partial charge in [0.2, 0.25) is 0 Å². The minimum atomic E-state index is -0.857. The molecule has 1 aliphatic rings. The molecule has 0 spiro atoms. The molecule has 1 aliphatic heterocycles. The SMILES string of the molecule is CCOC(CN1CC(C)C(C)C1)C(=O)O. The van der Waals surface area contributed by atoms with E-state index in [0.717, 1.165) is 13.1 Å². The third kappa shape index (κ3) is 3.47. The van der Waals surface area contributed by atoms with Crippen LogP contribution in [0.25, 0.3) is 0 Å². The van der Waals surface area contributed by atoms with Gasteiger partial charge >= 0.3 is 5.97 Å². The van der Waals surface area contributed by atoms with E-state index in [2.05, 4.69) is 18.7 Å². The van der Waals surface area contributed by atoms with Gasteiger partial charge in [0.25, 0.3) is 0 Å². The van der Waals surface area contributed by atoms with Crippen LogP contribution in [0.3, 0.4) is 0 Å². The Bertz CT molecular complexity index is 210. The molecule has 0 saturated carbocycles. The highest BCUT2D eigenvalue weighted by atomic mass is 16.5. The van der Waals surface area contributed by atoms with Crippen LogP contribution in [0.1, 0.15) is 20.8 Å². The zero-order chi connectivity index (χ0) is 11.4. The number of aliphatic carboxylic acids is 1. The maximum absolute atomic E-state index is 10.9. The molecule has 1 saturated heterocycles. The number of ether oxygens (including phenoxy) is 1. The average Bonchev–Trinajstić information content (AvgIpc) is 2.45. The molecule has 4 nitrogen and oxygen atoms in total. The van der Waals surface area contributed by atoms with Crippen LogP contribution in [-0.2, 0) is 9.53 Å². The van der Waals surface area contributed by atoms with Crippen molar-refractivity contribution in [1.29, 1.82) is 0 Å². The van der Waals surface area contributed by atoms with Gasteiger partial charge in [0.15, 0.2) is 6.10 Å². The number of carbonyl (C=O) groups is 1. The fourth-order valence-electron chi connectivity index (χ4n) is 2.04. The van der Waals surface area contributed by atoms with E-state index in [9.17, 15) is 4.79 Å². The molecule has 0 radical (unpaired) electrons. The molecule has 1 N–H and O–H groups in total. The Labute approximate surface area is 91.2 Å². The minimum absolute atomic E-state index is 0.454. The van der Waals surface area contributed by atoms with Gasteiger partial charge in [0, 0.05) is 26.2 Å². The molecule has 0 aromatic carbocycles. The van der Waals surface area contributed by atoms with Gasteiger partial charge in [0.1, 0.15) is 0 Å². The summed E-state index contributed by atoms with van der Waals surface area (Å²) in [5, 5.41) is 8.94. The fraction of sp³-hybridized carbons (Fsp3) is 0.909. The first-order valence-electron chi connectivity index (χ1n) is 5.61. The summed E-state index contributed by atoms with van der Waals surface area (Å²) in [6.07, 6.45) is -0.674. The van der Waals surface area contributed by atoms with Crippen molar-refractivity contribution in [2.45, 2.75) is 26.9 Å². The molecule has 0 aliphatic carbocycles. The van der Waals surface area contributed by atoms with Crippen LogP contribution in [0.2, 0.25) is 0 Å². The Hall–Kier alpha value is -0.610. The predicted molar refractivity (Wildman–Crippen MR) is 57.8 cm³/mol. The van der Waals surface area contributed by atoms with Crippen LogP contribution in [0.5, 0.6) is 0 Å². The highest BCUT2D eigenvalue weighted by molar-refractivity contribution is 5.72. The molecule has 1 heterocycles. The highest BCUT2D eigenvalue weighted by Crippen LogP contribution is 2.22. The number of likely N-dealkylation sites (tertiary alicyclic amines) is 1. The largest absolute Gasteiger partial charge is 0.479 e. The Kier molecular flexibility index (Phi) is 4.54. The quantitative estimate of drug-likeness (QED) is 0.745. The molecule has 0 aromatic rings. The van der Waals surface area contributed by atoms with Gasteiger partial charge in [-0.15, -0.1) is 0 Å². The number of hydrogen-bond acceptors (Lipinski definition) is 3. The normalized spacial score (nSPS) is 29.3. The van der Waals surface area contributed by atoms with E-state index in [1.165, 1.54) is 0 Å². The fourth-order valence-corrected chi connectivity index (χ4v) is 2.04. The van der Waals surface area contributed by atoms with E-state index in [0.29, 0.717) is 25.0 Å². The molecule has 15 heavy (non-hydrogen) atoms. The minimum Gasteiger partial charge on any atom is -0.479 e. The maximum Gasteiger partial charge on any atom is 0.334 e. The molecule has 0 bridgehead atoms. The third-order valence-electron chi connectivity index (χ3n) is 3.13. The lowest BCUT2D eigenvalue weighted by molar-refractivity contribution is -0.151. The second-order valence-corrected chi connectivity index (χ2v) is 4.46. The van der Waals surface area contributed by atoms with Crippen molar-refractivity contribution in [3.63, 3.8) is 0 Å². The van der Waals surface area contributed by atoms with Crippen molar-refractivity contribution in [2.75, 3.05) is 26.2 Å². The molecule has 3 unspecified atom stereocenters. The zero-order valence-corrected chi connectivity index (χ0v) is 9.77. The number of nitrogens with zero attached hydrogens (tertiary/aromatic N) is 1. The highest BCUT2D eigenvalue weighted by Gasteiger charge is 2.29. The van der Waals surface area contributed by atoms with Gasteiger partial charge < -0.3 is 9.84 Å². The van der Waals surface area contributed by atoms with Gasteiger partial charge in [0.05, 0.1) is 0 Å². The number of rotatable bonds is 5. The number of carboxylic acid groups (broad SMARTS) is 1. The smallest absolute Gasteiger partial charge is 0.334 e. The van der Waals surface area contributed by atoms with E-state index in [4.69, 9.17) is 9.84 Å². The van der Waals surface area contributed by atoms with Crippen LogP contribution in [0, 0.1) is 11.8 Å². The van der Waals surface area contributed by atoms with Gasteiger partial charge in [-0.3, -0.25) is 4.90 Å². The van der Waals surface area contributed by atoms with E-state index < -0.39 is 12.1 Å². The Balaban J connectivity index is 2.42. The summed E-state index contributed by atoms with van der Waals surface area (Å²) in [7, 11) is 0. The van der Waals surface area contributed by atoms with Gasteiger partial charge in [-0.05, 0) is 18.8 Å². The molecular formula is C11H21NO3. The van der Waals surface area contributed by atoms with E-state index in [-0.39, 0.29) is 0 Å². The molecule has 0 amide bonds. The van der Waals surface area contributed by atoms with Crippen molar-refractivity contribution in [2.24, 2.45) is 11.8 Å². The van der Waals surface area contributed by atoms with Crippen molar-refractivity contribution in [1.82, 2.24) is 4.90 Å². The molecule has 0 aromatic heterocycles. The second kappa shape index (κ2) is 5.47. The van der Waals surface area contributed by atoms with Crippen molar-refractivity contribution >= 4 is 5.97 Å². The predicted octanol–water partition coefficient (Wildman–Crippen LogP) is 1.06. The standard InChI is InChI=1S/C11H21NO3/c1-4-15-10(11(13)14)7-12-5-8(2)9(3)6-12/h8-10H,4-7H2,1-3H3,(H,13,14). The summed E-state index contributed by atoms with van der Waals surface area (Å²) in [4.78, 5) is 13.1.